The largest absolute Gasteiger partial charge is 0.368 e. The number of nitrogens with one attached hydrogen (secondary N) is 4. The lowest BCUT2D eigenvalue weighted by Crippen LogP contribution is -2.50. The van der Waals surface area contributed by atoms with Crippen LogP contribution in [0.2, 0.25) is 0 Å². The van der Waals surface area contributed by atoms with E-state index in [2.05, 4.69) is 41.2 Å². The van der Waals surface area contributed by atoms with Crippen molar-refractivity contribution >= 4 is 39.6 Å². The zero-order valence-corrected chi connectivity index (χ0v) is 34.4. The van der Waals surface area contributed by atoms with Gasteiger partial charge < -0.3 is 31.1 Å². The molecule has 6 heterocycles. The van der Waals surface area contributed by atoms with Gasteiger partial charge in [0.25, 0.3) is 17.8 Å². The summed E-state index contributed by atoms with van der Waals surface area (Å²) in [5.41, 5.74) is 6.35. The predicted octanol–water partition coefficient (Wildman–Crippen LogP) is 6.52. The molecule has 4 aromatic heterocycles. The van der Waals surface area contributed by atoms with Crippen molar-refractivity contribution in [1.82, 2.24) is 50.3 Å². The fourth-order valence-electron chi connectivity index (χ4n) is 8.15. The van der Waals surface area contributed by atoms with Gasteiger partial charge in [-0.15, -0.1) is 0 Å². The third-order valence-electron chi connectivity index (χ3n) is 11.4. The quantitative estimate of drug-likeness (QED) is 0.0996. The van der Waals surface area contributed by atoms with E-state index in [1.807, 2.05) is 37.2 Å². The Hall–Kier alpha value is -5.91. The zero-order valence-electron chi connectivity index (χ0n) is 34.4. The van der Waals surface area contributed by atoms with Crippen LogP contribution in [0, 0.1) is 11.8 Å². The van der Waals surface area contributed by atoms with Crippen molar-refractivity contribution in [2.75, 3.05) is 71.5 Å². The number of rotatable bonds is 12. The molecule has 3 unspecified atom stereocenters. The number of benzene rings is 2. The standard InChI is InChI=1S/C44H48F4N12O/c1-59(2)25-29-10-9-28(34-21-36-38(53-17-16-51-36)40(58-34)55-23-30-22-49-13-11-43(30,45)46)19-31(29)37-32(44(47,48)12-14-52-37)24-56-41-39-35(50-15-18-54-39)20-33(57-41)26-5-7-27(8-6-26)42(61)60(3)4/h5-10,15-21,30,32,37,49,52H,11-14,22-25H2,1-4H3,(H,55,58)(H,56,57). The summed E-state index contributed by atoms with van der Waals surface area (Å²) < 4.78 is 62.4. The fourth-order valence-corrected chi connectivity index (χ4v) is 8.15. The van der Waals surface area contributed by atoms with Crippen LogP contribution in [0.3, 0.4) is 0 Å². The maximum atomic E-state index is 16.4. The highest BCUT2D eigenvalue weighted by Crippen LogP contribution is 2.43. The van der Waals surface area contributed by atoms with Crippen LogP contribution in [-0.2, 0) is 6.54 Å². The van der Waals surface area contributed by atoms with E-state index in [1.165, 1.54) is 17.3 Å². The maximum absolute atomic E-state index is 16.4. The van der Waals surface area contributed by atoms with Crippen molar-refractivity contribution in [2.45, 2.75) is 37.3 Å². The second-order valence-electron chi connectivity index (χ2n) is 16.2. The minimum absolute atomic E-state index is 0.0341. The Morgan fingerprint density at radius 2 is 1.33 bits per heavy atom. The van der Waals surface area contributed by atoms with Gasteiger partial charge in [-0.25, -0.2) is 37.5 Å². The van der Waals surface area contributed by atoms with Gasteiger partial charge >= 0.3 is 0 Å². The Labute approximate surface area is 350 Å². The molecule has 0 bridgehead atoms. The molecule has 0 spiro atoms. The number of carbonyl (C=O) groups is 1. The summed E-state index contributed by atoms with van der Waals surface area (Å²) in [5, 5.41) is 12.9. The van der Waals surface area contributed by atoms with Crippen LogP contribution in [0.5, 0.6) is 0 Å². The Morgan fingerprint density at radius 1 is 0.738 bits per heavy atom. The molecule has 0 aliphatic carbocycles. The first-order valence-corrected chi connectivity index (χ1v) is 20.3. The van der Waals surface area contributed by atoms with Gasteiger partial charge in [0.1, 0.15) is 11.0 Å². The molecular formula is C44H48F4N12O. The molecular weight excluding hydrogens is 789 g/mol. The van der Waals surface area contributed by atoms with Gasteiger partial charge in [0.05, 0.1) is 34.3 Å². The average molecular weight is 837 g/mol. The van der Waals surface area contributed by atoms with Crippen molar-refractivity contribution in [3.63, 3.8) is 0 Å². The SMILES string of the molecule is CN(C)Cc1ccc(-c2cc3nccnc3c(NCC3CNCCC3(F)F)n2)cc1C1NCCC(F)(F)C1CNc1nc(-c2ccc(C(=O)N(C)C)cc2)cc2nccnc12. The van der Waals surface area contributed by atoms with Crippen molar-refractivity contribution in [3.05, 3.63) is 96.1 Å². The summed E-state index contributed by atoms with van der Waals surface area (Å²) >= 11 is 0. The molecule has 61 heavy (non-hydrogen) atoms. The van der Waals surface area contributed by atoms with E-state index in [0.29, 0.717) is 73.9 Å². The number of fused-ring (bicyclic) bond motifs is 2. The van der Waals surface area contributed by atoms with Gasteiger partial charge in [0.15, 0.2) is 11.6 Å². The summed E-state index contributed by atoms with van der Waals surface area (Å²) in [6.45, 7) is 0.793. The second kappa shape index (κ2) is 17.2. The van der Waals surface area contributed by atoms with E-state index in [9.17, 15) is 13.6 Å². The first-order valence-electron chi connectivity index (χ1n) is 20.3. The number of alkyl halides is 4. The molecule has 0 radical (unpaired) electrons. The topological polar surface area (TPSA) is 149 Å². The molecule has 8 rings (SSSR count). The number of pyridine rings is 2. The fraction of sp³-hybridized carbons (Fsp3) is 0.386. The van der Waals surface area contributed by atoms with Crippen LogP contribution in [0.15, 0.2) is 79.4 Å². The van der Waals surface area contributed by atoms with Crippen LogP contribution in [0.25, 0.3) is 44.6 Å². The first-order chi connectivity index (χ1) is 29.3. The number of hydrogen-bond acceptors (Lipinski definition) is 12. The maximum Gasteiger partial charge on any atom is 0.255 e. The van der Waals surface area contributed by atoms with E-state index in [0.717, 1.165) is 5.56 Å². The lowest BCUT2D eigenvalue weighted by atomic mass is 9.80. The Bertz CT molecular complexity index is 2540. The average Bonchev–Trinajstić information content (AvgIpc) is 3.24. The number of anilines is 2. The van der Waals surface area contributed by atoms with Gasteiger partial charge in [-0.2, -0.15) is 0 Å². The molecule has 3 atom stereocenters. The third-order valence-corrected chi connectivity index (χ3v) is 11.4. The number of carbonyl (C=O) groups excluding carboxylic acids is 1. The predicted molar refractivity (Wildman–Crippen MR) is 228 cm³/mol. The molecule has 6 aromatic rings. The zero-order chi connectivity index (χ0) is 42.9. The molecule has 2 aliphatic rings. The molecule has 13 nitrogen and oxygen atoms in total. The molecule has 0 saturated carbocycles. The van der Waals surface area contributed by atoms with Crippen molar-refractivity contribution in [2.24, 2.45) is 11.8 Å². The van der Waals surface area contributed by atoms with Gasteiger partial charge in [0, 0.05) is 114 Å². The van der Waals surface area contributed by atoms with Gasteiger partial charge in [-0.1, -0.05) is 24.3 Å². The van der Waals surface area contributed by atoms with Gasteiger partial charge in [0.2, 0.25) is 0 Å². The van der Waals surface area contributed by atoms with Crippen molar-refractivity contribution in [3.8, 4) is 22.5 Å². The molecule has 2 aromatic carbocycles. The van der Waals surface area contributed by atoms with Gasteiger partial charge in [-0.3, -0.25) is 14.8 Å². The number of piperidine rings is 2. The third kappa shape index (κ3) is 8.95. The molecule has 1 amide bonds. The second-order valence-corrected chi connectivity index (χ2v) is 16.2. The van der Waals surface area contributed by atoms with E-state index in [1.54, 1.807) is 62.9 Å². The smallest absolute Gasteiger partial charge is 0.255 e. The Kier molecular flexibility index (Phi) is 11.8. The number of halogens is 4. The van der Waals surface area contributed by atoms with Crippen LogP contribution in [0.4, 0.5) is 29.2 Å². The number of amides is 1. The summed E-state index contributed by atoms with van der Waals surface area (Å²) in [4.78, 5) is 43.7. The highest BCUT2D eigenvalue weighted by Gasteiger charge is 2.48. The van der Waals surface area contributed by atoms with Gasteiger partial charge in [-0.05, 0) is 55.6 Å². The summed E-state index contributed by atoms with van der Waals surface area (Å²) in [6, 6.07) is 15.5. The van der Waals surface area contributed by atoms with E-state index >= 15 is 8.78 Å². The Balaban J connectivity index is 1.14. The van der Waals surface area contributed by atoms with E-state index in [4.69, 9.17) is 9.97 Å². The minimum Gasteiger partial charge on any atom is -0.368 e. The lowest BCUT2D eigenvalue weighted by Gasteiger charge is -2.40. The van der Waals surface area contributed by atoms with Crippen molar-refractivity contribution < 1.29 is 22.4 Å². The number of hydrogen-bond donors (Lipinski definition) is 4. The monoisotopic (exact) mass is 836 g/mol. The number of aromatic nitrogens is 6. The number of nitrogens with zero attached hydrogens (tertiary/aromatic N) is 8. The van der Waals surface area contributed by atoms with E-state index in [-0.39, 0.29) is 51.5 Å². The lowest BCUT2D eigenvalue weighted by molar-refractivity contribution is -0.0910. The minimum atomic E-state index is -3.08. The highest BCUT2D eigenvalue weighted by atomic mass is 19.3. The first kappa shape index (κ1) is 41.8. The summed E-state index contributed by atoms with van der Waals surface area (Å²) in [6.07, 6.45) is 5.56. The van der Waals surface area contributed by atoms with Crippen LogP contribution in [-0.4, -0.2) is 118 Å². The molecule has 17 heteroatoms. The van der Waals surface area contributed by atoms with Crippen molar-refractivity contribution in [1.29, 1.82) is 0 Å². The molecule has 4 N–H and O–H groups in total. The summed E-state index contributed by atoms with van der Waals surface area (Å²) in [7, 11) is 7.21. The molecule has 2 fully saturated rings. The van der Waals surface area contributed by atoms with Crippen LogP contribution in [0.1, 0.15) is 40.4 Å². The molecule has 2 aliphatic heterocycles. The Morgan fingerprint density at radius 3 is 1.95 bits per heavy atom. The highest BCUT2D eigenvalue weighted by molar-refractivity contribution is 5.95. The molecule has 2 saturated heterocycles. The van der Waals surface area contributed by atoms with Crippen LogP contribution < -0.4 is 21.3 Å². The molecule has 318 valence electrons. The van der Waals surface area contributed by atoms with E-state index < -0.39 is 29.7 Å². The normalized spacial score (nSPS) is 19.9. The summed E-state index contributed by atoms with van der Waals surface area (Å²) in [5.74, 6) is -7.61. The van der Waals surface area contributed by atoms with Crippen LogP contribution >= 0.6 is 0 Å².